The Morgan fingerprint density at radius 1 is 1.20 bits per heavy atom. The summed E-state index contributed by atoms with van der Waals surface area (Å²) in [6.07, 6.45) is 2.81. The molecule has 0 spiro atoms. The summed E-state index contributed by atoms with van der Waals surface area (Å²) < 4.78 is 0. The van der Waals surface area contributed by atoms with Crippen LogP contribution in [-0.2, 0) is 16.0 Å². The van der Waals surface area contributed by atoms with Crippen LogP contribution in [0.15, 0.2) is 34.8 Å². The SMILES string of the molecule is CCN[C@@H]1C(O)=C(C(N)=O)C(=O)[C@H]2C(O)=C3C(=O)c4c(O)cc(C5CCCN5C)cc4C[C@H]3C[C@H]21. The molecular weight excluding hydrogens is 450 g/mol. The molecule has 9 nitrogen and oxygen atoms in total. The summed E-state index contributed by atoms with van der Waals surface area (Å²) in [5, 5.41) is 36.0. The molecule has 1 unspecified atom stereocenters. The molecule has 1 fully saturated rings. The van der Waals surface area contributed by atoms with E-state index in [-0.39, 0.29) is 34.6 Å². The standard InChI is InChI=1S/C26H31N3O6/c1-3-28-21-14-9-13-8-12-7-11(15-5-4-6-29(15)2)10-16(30)17(12)22(31)18(13)23(32)19(14)24(33)20(25(21)34)26(27)35/h7,10,13-15,19,21,28,30,32,34H,3-6,8-9H2,1-2H3,(H2,27,35)/t13-,14+,15?,19+,21-/m0/s1. The van der Waals surface area contributed by atoms with Gasteiger partial charge in [-0.05, 0) is 74.8 Å². The number of amides is 1. The molecule has 1 heterocycles. The molecule has 6 N–H and O–H groups in total. The van der Waals surface area contributed by atoms with Crippen molar-refractivity contribution in [1.82, 2.24) is 10.2 Å². The maximum Gasteiger partial charge on any atom is 0.255 e. The van der Waals surface area contributed by atoms with Crippen LogP contribution in [0.25, 0.3) is 0 Å². The lowest BCUT2D eigenvalue weighted by molar-refractivity contribution is -0.126. The van der Waals surface area contributed by atoms with E-state index >= 15 is 0 Å². The van der Waals surface area contributed by atoms with Crippen molar-refractivity contribution >= 4 is 17.5 Å². The Bertz CT molecular complexity index is 1200. The number of primary amides is 1. The van der Waals surface area contributed by atoms with Crippen molar-refractivity contribution in [3.63, 3.8) is 0 Å². The lowest BCUT2D eigenvalue weighted by Crippen LogP contribution is -2.53. The van der Waals surface area contributed by atoms with E-state index in [9.17, 15) is 29.7 Å². The van der Waals surface area contributed by atoms with Gasteiger partial charge in [0.2, 0.25) is 0 Å². The normalized spacial score (nSPS) is 30.9. The minimum atomic E-state index is -1.16. The van der Waals surface area contributed by atoms with Gasteiger partial charge in [-0.25, -0.2) is 0 Å². The minimum Gasteiger partial charge on any atom is -0.511 e. The molecule has 1 saturated heterocycles. The zero-order chi connectivity index (χ0) is 25.2. The lowest BCUT2D eigenvalue weighted by Gasteiger charge is -2.44. The highest BCUT2D eigenvalue weighted by Gasteiger charge is 2.53. The van der Waals surface area contributed by atoms with Crippen LogP contribution in [0.5, 0.6) is 5.75 Å². The predicted molar refractivity (Wildman–Crippen MR) is 127 cm³/mol. The number of aliphatic hydroxyl groups is 2. The number of rotatable bonds is 4. The topological polar surface area (TPSA) is 153 Å². The fourth-order valence-electron chi connectivity index (χ4n) is 6.71. The Morgan fingerprint density at radius 3 is 2.57 bits per heavy atom. The first-order chi connectivity index (χ1) is 16.6. The molecule has 4 aliphatic rings. The molecule has 3 aliphatic carbocycles. The van der Waals surface area contributed by atoms with E-state index in [1.54, 1.807) is 6.07 Å². The fourth-order valence-corrected chi connectivity index (χ4v) is 6.71. The Labute approximate surface area is 203 Å². The molecule has 35 heavy (non-hydrogen) atoms. The molecule has 1 aromatic carbocycles. The van der Waals surface area contributed by atoms with Gasteiger partial charge in [0.15, 0.2) is 11.6 Å². The van der Waals surface area contributed by atoms with E-state index in [2.05, 4.69) is 10.2 Å². The van der Waals surface area contributed by atoms with E-state index in [1.807, 2.05) is 20.0 Å². The number of nitrogens with two attached hydrogens (primary N) is 1. The number of hydrogen-bond donors (Lipinski definition) is 5. The second-order valence-corrected chi connectivity index (χ2v) is 10.1. The average Bonchev–Trinajstić information content (AvgIpc) is 3.21. The Hall–Kier alpha value is -3.17. The van der Waals surface area contributed by atoms with E-state index in [4.69, 9.17) is 5.73 Å². The Balaban J connectivity index is 1.60. The van der Waals surface area contributed by atoms with Gasteiger partial charge in [0, 0.05) is 11.6 Å². The number of fused-ring (bicyclic) bond motifs is 3. The number of phenolic OH excluding ortho intramolecular Hbond substituents is 1. The van der Waals surface area contributed by atoms with Gasteiger partial charge in [-0.3, -0.25) is 19.3 Å². The van der Waals surface area contributed by atoms with Gasteiger partial charge in [0.05, 0.1) is 17.5 Å². The molecule has 9 heteroatoms. The zero-order valence-corrected chi connectivity index (χ0v) is 19.9. The minimum absolute atomic E-state index is 0.105. The largest absolute Gasteiger partial charge is 0.511 e. The Morgan fingerprint density at radius 2 is 1.94 bits per heavy atom. The number of carbonyl (C=O) groups excluding carboxylic acids is 3. The molecule has 186 valence electrons. The molecule has 5 atom stereocenters. The van der Waals surface area contributed by atoms with Crippen LogP contribution in [0.3, 0.4) is 0 Å². The molecule has 1 amide bonds. The van der Waals surface area contributed by atoms with E-state index in [1.165, 1.54) is 0 Å². The lowest BCUT2D eigenvalue weighted by atomic mass is 9.61. The third-order valence-electron chi connectivity index (χ3n) is 8.21. The average molecular weight is 482 g/mol. The van der Waals surface area contributed by atoms with Crippen molar-refractivity contribution in [3.05, 3.63) is 51.5 Å². The number of carbonyl (C=O) groups is 3. The molecule has 0 saturated carbocycles. The number of Topliss-reactive ketones (excluding diaryl/α,β-unsaturated/α-hetero) is 2. The Kier molecular flexibility index (Phi) is 5.72. The van der Waals surface area contributed by atoms with Gasteiger partial charge in [0.1, 0.15) is 22.8 Å². The summed E-state index contributed by atoms with van der Waals surface area (Å²) in [6, 6.07) is 3.03. The summed E-state index contributed by atoms with van der Waals surface area (Å²) in [4.78, 5) is 41.0. The van der Waals surface area contributed by atoms with Crippen LogP contribution in [0, 0.1) is 17.8 Å². The van der Waals surface area contributed by atoms with E-state index < -0.39 is 46.7 Å². The summed E-state index contributed by atoms with van der Waals surface area (Å²) >= 11 is 0. The highest BCUT2D eigenvalue weighted by Crippen LogP contribution is 2.50. The molecular formula is C26H31N3O6. The second kappa shape index (κ2) is 8.49. The number of allylic oxidation sites excluding steroid dienone is 2. The number of hydrogen-bond acceptors (Lipinski definition) is 8. The van der Waals surface area contributed by atoms with Crippen molar-refractivity contribution in [1.29, 1.82) is 0 Å². The molecule has 1 aromatic rings. The van der Waals surface area contributed by atoms with Gasteiger partial charge in [-0.2, -0.15) is 0 Å². The van der Waals surface area contributed by atoms with Crippen molar-refractivity contribution in [2.75, 3.05) is 20.1 Å². The molecule has 0 radical (unpaired) electrons. The molecule has 1 aliphatic heterocycles. The van der Waals surface area contributed by atoms with Crippen molar-refractivity contribution in [2.24, 2.45) is 23.5 Å². The van der Waals surface area contributed by atoms with Gasteiger partial charge in [-0.1, -0.05) is 13.0 Å². The quantitative estimate of drug-likeness (QED) is 0.408. The number of nitrogens with one attached hydrogen (secondary N) is 1. The maximum atomic E-state index is 13.6. The number of aromatic hydroxyl groups is 1. The number of benzene rings is 1. The van der Waals surface area contributed by atoms with Gasteiger partial charge >= 0.3 is 0 Å². The van der Waals surface area contributed by atoms with Crippen LogP contribution < -0.4 is 11.1 Å². The van der Waals surface area contributed by atoms with Crippen LogP contribution >= 0.6 is 0 Å². The fraction of sp³-hybridized carbons (Fsp3) is 0.500. The smallest absolute Gasteiger partial charge is 0.255 e. The van der Waals surface area contributed by atoms with Crippen molar-refractivity contribution < 1.29 is 29.7 Å². The first-order valence-electron chi connectivity index (χ1n) is 12.2. The van der Waals surface area contributed by atoms with Gasteiger partial charge in [-0.15, -0.1) is 0 Å². The third kappa shape index (κ3) is 3.48. The van der Waals surface area contributed by atoms with Gasteiger partial charge < -0.3 is 26.4 Å². The zero-order valence-electron chi connectivity index (χ0n) is 19.9. The summed E-state index contributed by atoms with van der Waals surface area (Å²) in [5.74, 6) is -5.37. The number of aliphatic hydroxyl groups excluding tert-OH is 2. The van der Waals surface area contributed by atoms with Crippen LogP contribution in [0.4, 0.5) is 0 Å². The number of nitrogens with zero attached hydrogens (tertiary/aromatic N) is 1. The number of phenols is 1. The van der Waals surface area contributed by atoms with Crippen LogP contribution in [0.2, 0.25) is 0 Å². The first kappa shape index (κ1) is 23.6. The first-order valence-corrected chi connectivity index (χ1v) is 12.2. The highest BCUT2D eigenvalue weighted by atomic mass is 16.3. The number of likely N-dealkylation sites (tertiary alicyclic amines) is 1. The van der Waals surface area contributed by atoms with Gasteiger partial charge in [0.25, 0.3) is 5.91 Å². The summed E-state index contributed by atoms with van der Waals surface area (Å²) in [7, 11) is 2.04. The van der Waals surface area contributed by atoms with Crippen molar-refractivity contribution in [3.8, 4) is 5.75 Å². The summed E-state index contributed by atoms with van der Waals surface area (Å²) in [5.41, 5.74) is 6.80. The van der Waals surface area contributed by atoms with Crippen LogP contribution in [0.1, 0.15) is 53.7 Å². The summed E-state index contributed by atoms with van der Waals surface area (Å²) in [6.45, 7) is 3.25. The maximum absolute atomic E-state index is 13.6. The van der Waals surface area contributed by atoms with Crippen LogP contribution in [-0.4, -0.2) is 63.9 Å². The monoisotopic (exact) mass is 481 g/mol. The second-order valence-electron chi connectivity index (χ2n) is 10.1. The molecule has 5 rings (SSSR count). The molecule has 0 aromatic heterocycles. The van der Waals surface area contributed by atoms with Crippen molar-refractivity contribution in [2.45, 2.75) is 44.7 Å². The highest BCUT2D eigenvalue weighted by molar-refractivity contribution is 6.22. The number of ketones is 2. The van der Waals surface area contributed by atoms with E-state index in [0.29, 0.717) is 19.4 Å². The molecule has 0 bridgehead atoms. The number of likely N-dealkylation sites (N-methyl/N-ethyl adjacent to an activating group) is 1. The third-order valence-corrected chi connectivity index (χ3v) is 8.21. The predicted octanol–water partition coefficient (Wildman–Crippen LogP) is 1.82. The van der Waals surface area contributed by atoms with E-state index in [0.717, 1.165) is 30.5 Å².